The lowest BCUT2D eigenvalue weighted by Gasteiger charge is -2.07. The van der Waals surface area contributed by atoms with Gasteiger partial charge in [-0.3, -0.25) is 18.7 Å². The summed E-state index contributed by atoms with van der Waals surface area (Å²) >= 11 is 0. The number of carbonyl (C=O) groups excluding carboxylic acids is 1. The zero-order valence-corrected chi connectivity index (χ0v) is 15.0. The highest BCUT2D eigenvalue weighted by Crippen LogP contribution is 2.05. The first kappa shape index (κ1) is 17.8. The van der Waals surface area contributed by atoms with Gasteiger partial charge in [0, 0.05) is 46.5 Å². The maximum Gasteiger partial charge on any atom is 0.332 e. The molecule has 0 bridgehead atoms. The lowest BCUT2D eigenvalue weighted by molar-refractivity contribution is -0.118. The number of imidazole rings is 2. The van der Waals surface area contributed by atoms with E-state index in [0.29, 0.717) is 13.0 Å². The first-order valence-electron chi connectivity index (χ1n) is 8.19. The molecule has 26 heavy (non-hydrogen) atoms. The number of nitrogens with zero attached hydrogens (tertiary/aromatic N) is 6. The fourth-order valence-electron chi connectivity index (χ4n) is 2.83. The summed E-state index contributed by atoms with van der Waals surface area (Å²) in [6, 6.07) is 0. The Morgan fingerprint density at radius 1 is 1.15 bits per heavy atom. The van der Waals surface area contributed by atoms with Gasteiger partial charge in [0.15, 0.2) is 16.9 Å². The third kappa shape index (κ3) is 3.23. The summed E-state index contributed by atoms with van der Waals surface area (Å²) in [7, 11) is 4.87. The number of aromatic nitrogens is 6. The number of aryl methyl sites for hydroxylation is 2. The Morgan fingerprint density at radius 2 is 1.92 bits per heavy atom. The van der Waals surface area contributed by atoms with Gasteiger partial charge in [-0.05, 0) is 0 Å². The van der Waals surface area contributed by atoms with Crippen molar-refractivity contribution in [3.8, 4) is 0 Å². The van der Waals surface area contributed by atoms with Gasteiger partial charge in [0.1, 0.15) is 5.82 Å². The van der Waals surface area contributed by atoms with Crippen molar-refractivity contribution in [1.82, 2.24) is 33.6 Å². The predicted octanol–water partition coefficient (Wildman–Crippen LogP) is -1.43. The summed E-state index contributed by atoms with van der Waals surface area (Å²) < 4.78 is 5.72. The maximum absolute atomic E-state index is 12.3. The second kappa shape index (κ2) is 7.08. The van der Waals surface area contributed by atoms with Crippen LogP contribution in [0.3, 0.4) is 0 Å². The molecule has 3 heterocycles. The van der Waals surface area contributed by atoms with Gasteiger partial charge in [-0.2, -0.15) is 0 Å². The van der Waals surface area contributed by atoms with Crippen molar-refractivity contribution in [2.75, 3.05) is 13.1 Å². The van der Waals surface area contributed by atoms with Gasteiger partial charge in [0.2, 0.25) is 0 Å². The molecule has 0 aliphatic rings. The predicted molar refractivity (Wildman–Crippen MR) is 95.0 cm³/mol. The van der Waals surface area contributed by atoms with Crippen LogP contribution in [0.25, 0.3) is 11.2 Å². The molecule has 0 aliphatic heterocycles. The summed E-state index contributed by atoms with van der Waals surface area (Å²) in [6.07, 6.45) is 5.74. The first-order valence-corrected chi connectivity index (χ1v) is 8.19. The minimum absolute atomic E-state index is 0.0132. The van der Waals surface area contributed by atoms with E-state index in [9.17, 15) is 14.4 Å². The molecule has 0 aromatic carbocycles. The van der Waals surface area contributed by atoms with Crippen LogP contribution < -0.4 is 16.6 Å². The summed E-state index contributed by atoms with van der Waals surface area (Å²) in [5.41, 5.74) is -0.393. The topological polar surface area (TPSA) is 109 Å². The maximum atomic E-state index is 12.3. The molecule has 0 saturated heterocycles. The van der Waals surface area contributed by atoms with Crippen molar-refractivity contribution in [1.29, 1.82) is 0 Å². The summed E-state index contributed by atoms with van der Waals surface area (Å²) in [5.74, 6) is 0.856. The van der Waals surface area contributed by atoms with E-state index in [2.05, 4.69) is 15.3 Å². The van der Waals surface area contributed by atoms with Crippen LogP contribution in [0.15, 0.2) is 28.3 Å². The SMILES string of the molecule is Cn1ccnc1CCNCC(=O)Cn1cnc2c1c(=O)n(C)c(=O)n2C. The molecule has 3 rings (SSSR count). The Balaban J connectivity index is 1.66. The number of hydrogen-bond acceptors (Lipinski definition) is 6. The van der Waals surface area contributed by atoms with Gasteiger partial charge in [-0.25, -0.2) is 14.8 Å². The molecule has 10 heteroatoms. The fourth-order valence-corrected chi connectivity index (χ4v) is 2.83. The fraction of sp³-hybridized carbons (Fsp3) is 0.438. The monoisotopic (exact) mass is 359 g/mol. The van der Waals surface area contributed by atoms with E-state index >= 15 is 0 Å². The quantitative estimate of drug-likeness (QED) is 0.518. The number of rotatable bonds is 7. The van der Waals surface area contributed by atoms with Crippen LogP contribution in [-0.2, 0) is 38.9 Å². The summed E-state index contributed by atoms with van der Waals surface area (Å²) in [6.45, 7) is 0.813. The van der Waals surface area contributed by atoms with Gasteiger partial charge in [0.05, 0.1) is 19.4 Å². The zero-order valence-electron chi connectivity index (χ0n) is 15.0. The van der Waals surface area contributed by atoms with Crippen molar-refractivity contribution in [2.24, 2.45) is 21.1 Å². The van der Waals surface area contributed by atoms with Crippen molar-refractivity contribution in [3.05, 3.63) is 45.4 Å². The van der Waals surface area contributed by atoms with Crippen LogP contribution in [0.1, 0.15) is 5.82 Å². The Kier molecular flexibility index (Phi) is 4.85. The average molecular weight is 359 g/mol. The molecule has 3 aromatic rings. The number of Topliss-reactive ketones (excluding diaryl/α,β-unsaturated/α-hetero) is 1. The molecule has 138 valence electrons. The van der Waals surface area contributed by atoms with Crippen LogP contribution in [0.4, 0.5) is 0 Å². The Bertz CT molecular complexity index is 1070. The van der Waals surface area contributed by atoms with Crippen molar-refractivity contribution in [2.45, 2.75) is 13.0 Å². The number of fused-ring (bicyclic) bond motifs is 1. The molecule has 0 amide bonds. The molecule has 0 atom stereocenters. The third-order valence-corrected chi connectivity index (χ3v) is 4.33. The average Bonchev–Trinajstić information content (AvgIpc) is 3.21. The largest absolute Gasteiger partial charge is 0.338 e. The molecular formula is C16H21N7O3. The third-order valence-electron chi connectivity index (χ3n) is 4.33. The van der Waals surface area contributed by atoms with Crippen LogP contribution >= 0.6 is 0 Å². The zero-order chi connectivity index (χ0) is 18.8. The Morgan fingerprint density at radius 3 is 2.62 bits per heavy atom. The lowest BCUT2D eigenvalue weighted by Crippen LogP contribution is -2.38. The normalized spacial score (nSPS) is 11.3. The molecule has 0 fully saturated rings. The summed E-state index contributed by atoms with van der Waals surface area (Å²) in [5, 5.41) is 3.08. The lowest BCUT2D eigenvalue weighted by atomic mass is 10.3. The molecule has 0 aliphatic carbocycles. The van der Waals surface area contributed by atoms with E-state index in [-0.39, 0.29) is 30.0 Å². The highest BCUT2D eigenvalue weighted by atomic mass is 16.2. The van der Waals surface area contributed by atoms with E-state index in [4.69, 9.17) is 0 Å². The Labute approximate surface area is 148 Å². The number of ketones is 1. The number of carbonyl (C=O) groups is 1. The second-order valence-electron chi connectivity index (χ2n) is 6.17. The standard InChI is InChI=1S/C16H21N7O3/c1-20-7-6-18-12(20)4-5-17-8-11(24)9-23-10-19-14-13(23)15(25)22(3)16(26)21(14)2/h6-7,10,17H,4-5,8-9H2,1-3H3. The van der Waals surface area contributed by atoms with E-state index in [1.165, 1.54) is 22.5 Å². The molecule has 10 nitrogen and oxygen atoms in total. The second-order valence-corrected chi connectivity index (χ2v) is 6.17. The van der Waals surface area contributed by atoms with Crippen LogP contribution in [0, 0.1) is 0 Å². The van der Waals surface area contributed by atoms with Crippen LogP contribution in [0.5, 0.6) is 0 Å². The van der Waals surface area contributed by atoms with Crippen LogP contribution in [0.2, 0.25) is 0 Å². The molecule has 0 spiro atoms. The van der Waals surface area contributed by atoms with Gasteiger partial charge in [-0.1, -0.05) is 0 Å². The minimum atomic E-state index is -0.462. The molecule has 0 saturated carbocycles. The van der Waals surface area contributed by atoms with Crippen molar-refractivity contribution < 1.29 is 4.79 Å². The molecule has 3 aromatic heterocycles. The van der Waals surface area contributed by atoms with Gasteiger partial charge < -0.3 is 14.5 Å². The van der Waals surface area contributed by atoms with E-state index in [1.54, 1.807) is 13.2 Å². The number of nitrogens with one attached hydrogen (secondary N) is 1. The number of hydrogen-bond donors (Lipinski definition) is 1. The molecule has 1 N–H and O–H groups in total. The van der Waals surface area contributed by atoms with Gasteiger partial charge in [0.25, 0.3) is 5.56 Å². The van der Waals surface area contributed by atoms with Gasteiger partial charge in [-0.15, -0.1) is 0 Å². The van der Waals surface area contributed by atoms with Gasteiger partial charge >= 0.3 is 5.69 Å². The molecular weight excluding hydrogens is 338 g/mol. The highest BCUT2D eigenvalue weighted by Gasteiger charge is 2.15. The van der Waals surface area contributed by atoms with Crippen LogP contribution in [-0.4, -0.2) is 47.1 Å². The Hall–Kier alpha value is -3.01. The van der Waals surface area contributed by atoms with E-state index in [0.717, 1.165) is 10.4 Å². The first-order chi connectivity index (χ1) is 12.4. The molecule has 0 unspecified atom stereocenters. The smallest absolute Gasteiger partial charge is 0.332 e. The molecule has 0 radical (unpaired) electrons. The van der Waals surface area contributed by atoms with E-state index in [1.807, 2.05) is 17.8 Å². The van der Waals surface area contributed by atoms with Crippen molar-refractivity contribution >= 4 is 16.9 Å². The highest BCUT2D eigenvalue weighted by molar-refractivity contribution is 5.82. The summed E-state index contributed by atoms with van der Waals surface area (Å²) in [4.78, 5) is 44.8. The minimum Gasteiger partial charge on any atom is -0.338 e. The van der Waals surface area contributed by atoms with E-state index < -0.39 is 11.2 Å². The van der Waals surface area contributed by atoms with Crippen molar-refractivity contribution in [3.63, 3.8) is 0 Å².